The molecule has 0 saturated carbocycles. The van der Waals surface area contributed by atoms with Gasteiger partial charge in [-0.15, -0.1) is 0 Å². The number of hydrogen-bond donors (Lipinski definition) is 1. The Morgan fingerprint density at radius 2 is 1.81 bits per heavy atom. The number of hydrogen-bond acceptors (Lipinski definition) is 4. The van der Waals surface area contributed by atoms with Crippen LogP contribution in [-0.2, 0) is 20.7 Å². The number of aromatic hydroxyl groups is 1. The molecule has 0 aliphatic rings. The molecule has 1 unspecified atom stereocenters. The SMILES string of the molecule is CCOC(=O)C(Cc1ccc(O)c2ccccc12)OCC. The normalized spacial score (nSPS) is 12.3. The van der Waals surface area contributed by atoms with Crippen LogP contribution in [0.15, 0.2) is 36.4 Å². The molecule has 0 bridgehead atoms. The van der Waals surface area contributed by atoms with Crippen molar-refractivity contribution in [1.82, 2.24) is 0 Å². The van der Waals surface area contributed by atoms with Crippen LogP contribution >= 0.6 is 0 Å². The van der Waals surface area contributed by atoms with Gasteiger partial charge in [0.2, 0.25) is 0 Å². The van der Waals surface area contributed by atoms with Gasteiger partial charge in [-0.25, -0.2) is 4.79 Å². The van der Waals surface area contributed by atoms with Crippen molar-refractivity contribution in [2.75, 3.05) is 13.2 Å². The molecule has 0 aliphatic heterocycles. The molecule has 0 radical (unpaired) electrons. The number of carbonyl (C=O) groups excluding carboxylic acids is 1. The molecule has 0 saturated heterocycles. The predicted molar refractivity (Wildman–Crippen MR) is 81.4 cm³/mol. The van der Waals surface area contributed by atoms with E-state index in [0.717, 1.165) is 16.3 Å². The van der Waals surface area contributed by atoms with Crippen LogP contribution in [-0.4, -0.2) is 30.4 Å². The van der Waals surface area contributed by atoms with E-state index < -0.39 is 6.10 Å². The van der Waals surface area contributed by atoms with Crippen molar-refractivity contribution in [3.05, 3.63) is 42.0 Å². The summed E-state index contributed by atoms with van der Waals surface area (Å²) in [5.74, 6) is -0.116. The molecular weight excluding hydrogens is 268 g/mol. The molecule has 0 aliphatic carbocycles. The first kappa shape index (κ1) is 15.3. The Morgan fingerprint density at radius 1 is 1.10 bits per heavy atom. The largest absolute Gasteiger partial charge is 0.507 e. The van der Waals surface area contributed by atoms with Gasteiger partial charge in [-0.2, -0.15) is 0 Å². The third kappa shape index (κ3) is 3.52. The molecule has 4 nitrogen and oxygen atoms in total. The van der Waals surface area contributed by atoms with Gasteiger partial charge in [0.05, 0.1) is 6.61 Å². The first-order chi connectivity index (χ1) is 10.2. The van der Waals surface area contributed by atoms with E-state index in [2.05, 4.69) is 0 Å². The highest BCUT2D eigenvalue weighted by atomic mass is 16.6. The lowest BCUT2D eigenvalue weighted by Crippen LogP contribution is -2.29. The second-order valence-corrected chi connectivity index (χ2v) is 4.69. The Balaban J connectivity index is 2.32. The Kier molecular flexibility index (Phi) is 5.17. The first-order valence-corrected chi connectivity index (χ1v) is 7.15. The van der Waals surface area contributed by atoms with Gasteiger partial charge in [0, 0.05) is 18.4 Å². The van der Waals surface area contributed by atoms with E-state index in [1.165, 1.54) is 0 Å². The summed E-state index contributed by atoms with van der Waals surface area (Å²) in [5.41, 5.74) is 0.954. The number of rotatable bonds is 6. The van der Waals surface area contributed by atoms with E-state index in [-0.39, 0.29) is 11.7 Å². The van der Waals surface area contributed by atoms with Gasteiger partial charge in [0.15, 0.2) is 6.10 Å². The van der Waals surface area contributed by atoms with E-state index >= 15 is 0 Å². The van der Waals surface area contributed by atoms with Crippen LogP contribution in [0.2, 0.25) is 0 Å². The van der Waals surface area contributed by atoms with Gasteiger partial charge in [0.25, 0.3) is 0 Å². The smallest absolute Gasteiger partial charge is 0.335 e. The summed E-state index contributed by atoms with van der Waals surface area (Å²) in [6.45, 7) is 4.40. The Hall–Kier alpha value is -2.07. The first-order valence-electron chi connectivity index (χ1n) is 7.15. The molecule has 1 N–H and O–H groups in total. The highest BCUT2D eigenvalue weighted by molar-refractivity contribution is 5.91. The molecule has 2 aromatic rings. The number of phenols is 1. The maximum Gasteiger partial charge on any atom is 0.335 e. The lowest BCUT2D eigenvalue weighted by atomic mass is 9.99. The molecule has 2 rings (SSSR count). The third-order valence-electron chi connectivity index (χ3n) is 3.31. The molecular formula is C17H20O4. The molecule has 21 heavy (non-hydrogen) atoms. The van der Waals surface area contributed by atoms with Crippen LogP contribution in [0.3, 0.4) is 0 Å². The average Bonchev–Trinajstić information content (AvgIpc) is 2.50. The maximum absolute atomic E-state index is 11.9. The predicted octanol–water partition coefficient (Wildman–Crippen LogP) is 3.06. The van der Waals surface area contributed by atoms with Crippen molar-refractivity contribution in [2.24, 2.45) is 0 Å². The van der Waals surface area contributed by atoms with E-state index in [9.17, 15) is 9.90 Å². The minimum absolute atomic E-state index is 0.235. The van der Waals surface area contributed by atoms with Crippen LogP contribution in [0.1, 0.15) is 19.4 Å². The summed E-state index contributed by atoms with van der Waals surface area (Å²) < 4.78 is 10.6. The molecule has 2 aromatic carbocycles. The molecule has 0 heterocycles. The summed E-state index contributed by atoms with van der Waals surface area (Å²) in [6.07, 6.45) is -0.198. The van der Waals surface area contributed by atoms with Gasteiger partial charge in [-0.1, -0.05) is 30.3 Å². The van der Waals surface area contributed by atoms with Crippen molar-refractivity contribution in [1.29, 1.82) is 0 Å². The van der Waals surface area contributed by atoms with Crippen LogP contribution in [0.4, 0.5) is 0 Å². The summed E-state index contributed by atoms with van der Waals surface area (Å²) in [7, 11) is 0. The summed E-state index contributed by atoms with van der Waals surface area (Å²) >= 11 is 0. The van der Waals surface area contributed by atoms with Crippen molar-refractivity contribution >= 4 is 16.7 Å². The molecule has 0 amide bonds. The molecule has 112 valence electrons. The van der Waals surface area contributed by atoms with Crippen LogP contribution < -0.4 is 0 Å². The standard InChI is InChI=1S/C17H20O4/c1-3-20-16(17(19)21-4-2)11-12-9-10-15(18)14-8-6-5-7-13(12)14/h5-10,16,18H,3-4,11H2,1-2H3. The highest BCUT2D eigenvalue weighted by Gasteiger charge is 2.21. The summed E-state index contributed by atoms with van der Waals surface area (Å²) in [6, 6.07) is 11.0. The van der Waals surface area contributed by atoms with Gasteiger partial charge in [0.1, 0.15) is 5.75 Å². The van der Waals surface area contributed by atoms with Crippen molar-refractivity contribution in [2.45, 2.75) is 26.4 Å². The molecule has 0 spiro atoms. The maximum atomic E-state index is 11.9. The zero-order valence-electron chi connectivity index (χ0n) is 12.3. The van der Waals surface area contributed by atoms with Crippen LogP contribution in [0.25, 0.3) is 10.8 Å². The number of carbonyl (C=O) groups is 1. The molecule has 0 fully saturated rings. The summed E-state index contributed by atoms with van der Waals surface area (Å²) in [4.78, 5) is 11.9. The Labute approximate surface area is 124 Å². The molecule has 1 atom stereocenters. The number of fused-ring (bicyclic) bond motifs is 1. The zero-order valence-corrected chi connectivity index (χ0v) is 12.3. The zero-order chi connectivity index (χ0) is 15.2. The lowest BCUT2D eigenvalue weighted by Gasteiger charge is -2.17. The van der Waals surface area contributed by atoms with Gasteiger partial charge >= 0.3 is 5.97 Å². The quantitative estimate of drug-likeness (QED) is 0.830. The second kappa shape index (κ2) is 7.09. The average molecular weight is 288 g/mol. The minimum atomic E-state index is -0.622. The summed E-state index contributed by atoms with van der Waals surface area (Å²) in [5, 5.41) is 11.6. The van der Waals surface area contributed by atoms with E-state index in [4.69, 9.17) is 9.47 Å². The number of ether oxygens (including phenoxy) is 2. The van der Waals surface area contributed by atoms with Gasteiger partial charge in [-0.3, -0.25) is 0 Å². The molecule has 4 heteroatoms. The number of phenolic OH excluding ortho intramolecular Hbond substituents is 1. The fraction of sp³-hybridized carbons (Fsp3) is 0.353. The van der Waals surface area contributed by atoms with Gasteiger partial charge in [-0.05, 0) is 30.9 Å². The van der Waals surface area contributed by atoms with E-state index in [1.54, 1.807) is 13.0 Å². The number of benzene rings is 2. The lowest BCUT2D eigenvalue weighted by molar-refractivity contribution is -0.156. The Morgan fingerprint density at radius 3 is 2.48 bits per heavy atom. The second-order valence-electron chi connectivity index (χ2n) is 4.69. The topological polar surface area (TPSA) is 55.8 Å². The fourth-order valence-electron chi connectivity index (χ4n) is 2.37. The molecule has 0 aromatic heterocycles. The Bertz CT molecular complexity index is 621. The van der Waals surface area contributed by atoms with Crippen molar-refractivity contribution < 1.29 is 19.4 Å². The van der Waals surface area contributed by atoms with Crippen molar-refractivity contribution in [3.8, 4) is 5.75 Å². The van der Waals surface area contributed by atoms with Gasteiger partial charge < -0.3 is 14.6 Å². The monoisotopic (exact) mass is 288 g/mol. The highest BCUT2D eigenvalue weighted by Crippen LogP contribution is 2.28. The van der Waals surface area contributed by atoms with Crippen molar-refractivity contribution in [3.63, 3.8) is 0 Å². The third-order valence-corrected chi connectivity index (χ3v) is 3.31. The van der Waals surface area contributed by atoms with E-state index in [1.807, 2.05) is 37.3 Å². The minimum Gasteiger partial charge on any atom is -0.507 e. The van der Waals surface area contributed by atoms with Crippen LogP contribution in [0, 0.1) is 0 Å². The fourth-order valence-corrected chi connectivity index (χ4v) is 2.37. The van der Waals surface area contributed by atoms with E-state index in [0.29, 0.717) is 19.6 Å². The van der Waals surface area contributed by atoms with Crippen LogP contribution in [0.5, 0.6) is 5.75 Å². The number of esters is 1.